The summed E-state index contributed by atoms with van der Waals surface area (Å²) in [6, 6.07) is 2.62. The Morgan fingerprint density at radius 1 is 1.33 bits per heavy atom. The molecule has 6 nitrogen and oxygen atoms in total. The number of piperidine rings is 1. The Morgan fingerprint density at radius 3 is 2.75 bits per heavy atom. The van der Waals surface area contributed by atoms with Crippen molar-refractivity contribution in [1.29, 1.82) is 0 Å². The lowest BCUT2D eigenvalue weighted by atomic mass is 9.98. The smallest absolute Gasteiger partial charge is 0.313 e. The van der Waals surface area contributed by atoms with Gasteiger partial charge >= 0.3 is 17.8 Å². The van der Waals surface area contributed by atoms with Crippen LogP contribution in [0, 0.1) is 17.6 Å². The van der Waals surface area contributed by atoms with Crippen LogP contribution in [0.4, 0.5) is 14.5 Å². The summed E-state index contributed by atoms with van der Waals surface area (Å²) in [7, 11) is 0. The number of carbonyl (C=O) groups is 3. The van der Waals surface area contributed by atoms with Crippen LogP contribution in [0.25, 0.3) is 0 Å². The van der Waals surface area contributed by atoms with Crippen molar-refractivity contribution in [3.8, 4) is 0 Å². The third-order valence-electron chi connectivity index (χ3n) is 3.70. The molecule has 1 heterocycles. The Morgan fingerprint density at radius 2 is 2.08 bits per heavy atom. The number of ether oxygens (including phenoxy) is 1. The largest absolute Gasteiger partial charge is 0.466 e. The summed E-state index contributed by atoms with van der Waals surface area (Å²) in [5, 5.41) is 2.12. The van der Waals surface area contributed by atoms with E-state index in [9.17, 15) is 23.2 Å². The molecule has 1 aromatic carbocycles. The van der Waals surface area contributed by atoms with E-state index in [1.54, 1.807) is 6.92 Å². The number of halogens is 2. The van der Waals surface area contributed by atoms with Gasteiger partial charge in [-0.15, -0.1) is 0 Å². The van der Waals surface area contributed by atoms with Gasteiger partial charge in [-0.3, -0.25) is 14.4 Å². The van der Waals surface area contributed by atoms with Crippen LogP contribution in [0.3, 0.4) is 0 Å². The molecule has 1 aliphatic rings. The van der Waals surface area contributed by atoms with Gasteiger partial charge in [0.2, 0.25) is 0 Å². The van der Waals surface area contributed by atoms with Gasteiger partial charge in [0.1, 0.15) is 11.6 Å². The number of rotatable bonds is 3. The van der Waals surface area contributed by atoms with Crippen molar-refractivity contribution in [3.05, 3.63) is 29.8 Å². The summed E-state index contributed by atoms with van der Waals surface area (Å²) in [4.78, 5) is 37.1. The molecule has 0 saturated carbocycles. The van der Waals surface area contributed by atoms with Crippen molar-refractivity contribution in [2.75, 3.05) is 25.0 Å². The van der Waals surface area contributed by atoms with E-state index in [0.29, 0.717) is 25.5 Å². The standard InChI is InChI=1S/C16H18F2N2O4/c1-2-24-16(23)10-4-3-7-20(9-10)15(22)14(21)19-13-6-5-11(17)8-12(13)18/h5-6,8,10H,2-4,7,9H2,1H3,(H,19,21). The Labute approximate surface area is 137 Å². The summed E-state index contributed by atoms with van der Waals surface area (Å²) in [5.74, 6) is -4.54. The highest BCUT2D eigenvalue weighted by molar-refractivity contribution is 6.39. The zero-order valence-electron chi connectivity index (χ0n) is 13.2. The predicted molar refractivity (Wildman–Crippen MR) is 80.9 cm³/mol. The number of amides is 2. The van der Waals surface area contributed by atoms with Gasteiger partial charge in [-0.25, -0.2) is 8.78 Å². The first-order valence-electron chi connectivity index (χ1n) is 7.64. The molecule has 1 N–H and O–H groups in total. The van der Waals surface area contributed by atoms with Gasteiger partial charge in [0.05, 0.1) is 18.2 Å². The summed E-state index contributed by atoms with van der Waals surface area (Å²) in [6.07, 6.45) is 1.14. The molecule has 1 saturated heterocycles. The minimum Gasteiger partial charge on any atom is -0.466 e. The number of hydrogen-bond acceptors (Lipinski definition) is 4. The molecule has 8 heteroatoms. The SMILES string of the molecule is CCOC(=O)C1CCCN(C(=O)C(=O)Nc2ccc(F)cc2F)C1. The summed E-state index contributed by atoms with van der Waals surface area (Å²) in [6.45, 7) is 2.34. The van der Waals surface area contributed by atoms with E-state index in [2.05, 4.69) is 5.32 Å². The van der Waals surface area contributed by atoms with Crippen LogP contribution in [0.1, 0.15) is 19.8 Å². The minimum absolute atomic E-state index is 0.0803. The monoisotopic (exact) mass is 340 g/mol. The van der Waals surface area contributed by atoms with E-state index in [4.69, 9.17) is 4.74 Å². The van der Waals surface area contributed by atoms with Crippen LogP contribution in [0.5, 0.6) is 0 Å². The molecular weight excluding hydrogens is 322 g/mol. The first-order valence-corrected chi connectivity index (χ1v) is 7.64. The van der Waals surface area contributed by atoms with Crippen LogP contribution in [0.15, 0.2) is 18.2 Å². The van der Waals surface area contributed by atoms with Gasteiger partial charge in [-0.1, -0.05) is 0 Å². The molecule has 130 valence electrons. The maximum atomic E-state index is 13.5. The van der Waals surface area contributed by atoms with Gasteiger partial charge in [-0.2, -0.15) is 0 Å². The fraction of sp³-hybridized carbons (Fsp3) is 0.438. The highest BCUT2D eigenvalue weighted by Crippen LogP contribution is 2.19. The maximum Gasteiger partial charge on any atom is 0.313 e. The minimum atomic E-state index is -1.04. The zero-order valence-corrected chi connectivity index (χ0v) is 13.2. The number of nitrogens with one attached hydrogen (secondary N) is 1. The molecule has 1 aromatic rings. The molecular formula is C16H18F2N2O4. The number of nitrogens with zero attached hydrogens (tertiary/aromatic N) is 1. The molecule has 1 unspecified atom stereocenters. The van der Waals surface area contributed by atoms with Crippen LogP contribution < -0.4 is 5.32 Å². The number of hydrogen-bond donors (Lipinski definition) is 1. The molecule has 2 rings (SSSR count). The van der Waals surface area contributed by atoms with Crippen LogP contribution in [-0.2, 0) is 19.1 Å². The number of carbonyl (C=O) groups excluding carboxylic acids is 3. The Kier molecular flexibility index (Phi) is 5.83. The van der Waals surface area contributed by atoms with Crippen LogP contribution in [0.2, 0.25) is 0 Å². The third kappa shape index (κ3) is 4.27. The van der Waals surface area contributed by atoms with Crippen molar-refractivity contribution in [3.63, 3.8) is 0 Å². The van der Waals surface area contributed by atoms with Crippen molar-refractivity contribution in [2.24, 2.45) is 5.92 Å². The van der Waals surface area contributed by atoms with Gasteiger partial charge in [-0.05, 0) is 31.9 Å². The molecule has 0 radical (unpaired) electrons. The molecule has 0 aromatic heterocycles. The molecule has 1 aliphatic heterocycles. The van der Waals surface area contributed by atoms with Gasteiger partial charge in [0, 0.05) is 19.2 Å². The zero-order chi connectivity index (χ0) is 17.7. The van der Waals surface area contributed by atoms with Gasteiger partial charge < -0.3 is 15.0 Å². The fourth-order valence-electron chi connectivity index (χ4n) is 2.52. The van der Waals surface area contributed by atoms with E-state index >= 15 is 0 Å². The number of benzene rings is 1. The topological polar surface area (TPSA) is 75.7 Å². The second-order valence-corrected chi connectivity index (χ2v) is 5.42. The molecule has 0 bridgehead atoms. The van der Waals surface area contributed by atoms with Crippen molar-refractivity contribution in [2.45, 2.75) is 19.8 Å². The van der Waals surface area contributed by atoms with E-state index in [1.165, 1.54) is 4.90 Å². The van der Waals surface area contributed by atoms with Crippen molar-refractivity contribution < 1.29 is 27.9 Å². The van der Waals surface area contributed by atoms with Crippen LogP contribution >= 0.6 is 0 Å². The Bertz CT molecular complexity index is 651. The fourth-order valence-corrected chi connectivity index (χ4v) is 2.52. The molecule has 1 atom stereocenters. The predicted octanol–water partition coefficient (Wildman–Crippen LogP) is 1.70. The third-order valence-corrected chi connectivity index (χ3v) is 3.70. The second-order valence-electron chi connectivity index (χ2n) is 5.42. The normalized spacial score (nSPS) is 17.3. The van der Waals surface area contributed by atoms with Gasteiger partial charge in [0.25, 0.3) is 0 Å². The lowest BCUT2D eigenvalue weighted by molar-refractivity contribution is -0.153. The number of likely N-dealkylation sites (tertiary alicyclic amines) is 1. The lowest BCUT2D eigenvalue weighted by Crippen LogP contribution is -2.47. The molecule has 24 heavy (non-hydrogen) atoms. The molecule has 0 aliphatic carbocycles. The number of esters is 1. The Hall–Kier alpha value is -2.51. The molecule has 1 fully saturated rings. The highest BCUT2D eigenvalue weighted by atomic mass is 19.1. The summed E-state index contributed by atoms with van der Waals surface area (Å²) >= 11 is 0. The number of anilines is 1. The maximum absolute atomic E-state index is 13.5. The molecule has 2 amide bonds. The summed E-state index contributed by atoms with van der Waals surface area (Å²) < 4.78 is 31.3. The van der Waals surface area contributed by atoms with Crippen molar-refractivity contribution in [1.82, 2.24) is 4.90 Å². The quantitative estimate of drug-likeness (QED) is 0.671. The summed E-state index contributed by atoms with van der Waals surface area (Å²) in [5.41, 5.74) is -0.284. The van der Waals surface area contributed by atoms with Crippen molar-refractivity contribution >= 4 is 23.5 Å². The highest BCUT2D eigenvalue weighted by Gasteiger charge is 2.32. The van der Waals surface area contributed by atoms with E-state index in [-0.39, 0.29) is 18.8 Å². The second kappa shape index (κ2) is 7.85. The van der Waals surface area contributed by atoms with Gasteiger partial charge in [0.15, 0.2) is 0 Å². The van der Waals surface area contributed by atoms with E-state index < -0.39 is 35.3 Å². The van der Waals surface area contributed by atoms with E-state index in [1.807, 2.05) is 0 Å². The first kappa shape index (κ1) is 17.8. The average Bonchev–Trinajstić information content (AvgIpc) is 2.57. The molecule has 0 spiro atoms. The average molecular weight is 340 g/mol. The lowest BCUT2D eigenvalue weighted by Gasteiger charge is -2.30. The first-order chi connectivity index (χ1) is 11.4. The Balaban J connectivity index is 1.99. The van der Waals surface area contributed by atoms with Crippen LogP contribution in [-0.4, -0.2) is 42.4 Å². The van der Waals surface area contributed by atoms with E-state index in [0.717, 1.165) is 12.1 Å².